The van der Waals surface area contributed by atoms with Crippen molar-refractivity contribution in [3.63, 3.8) is 0 Å². The zero-order valence-electron chi connectivity index (χ0n) is 15.7. The van der Waals surface area contributed by atoms with Crippen molar-refractivity contribution in [1.29, 1.82) is 0 Å². The van der Waals surface area contributed by atoms with Crippen molar-refractivity contribution in [3.05, 3.63) is 71.5 Å². The van der Waals surface area contributed by atoms with Gasteiger partial charge in [0, 0.05) is 18.3 Å². The Morgan fingerprint density at radius 2 is 1.89 bits per heavy atom. The zero-order valence-corrected chi connectivity index (χ0v) is 15.7. The third kappa shape index (κ3) is 3.16. The molecule has 0 spiro atoms. The summed E-state index contributed by atoms with van der Waals surface area (Å²) in [5.74, 6) is -0.109. The first-order valence-corrected chi connectivity index (χ1v) is 9.14. The van der Waals surface area contributed by atoms with Crippen LogP contribution in [0.5, 0.6) is 0 Å². The molecule has 4 aromatic rings. The predicted molar refractivity (Wildman–Crippen MR) is 108 cm³/mol. The van der Waals surface area contributed by atoms with Gasteiger partial charge in [-0.05, 0) is 43.2 Å². The highest BCUT2D eigenvalue weighted by Crippen LogP contribution is 2.22. The Labute approximate surface area is 158 Å². The van der Waals surface area contributed by atoms with Crippen LogP contribution < -0.4 is 5.32 Å². The number of aryl methyl sites for hydroxylation is 1. The molecule has 0 fully saturated rings. The Morgan fingerprint density at radius 1 is 1.11 bits per heavy atom. The van der Waals surface area contributed by atoms with Gasteiger partial charge in [0.15, 0.2) is 5.65 Å². The molecule has 1 N–H and O–H groups in total. The number of carbonyl (C=O) groups is 1. The lowest BCUT2D eigenvalue weighted by Crippen LogP contribution is -2.23. The average Bonchev–Trinajstić information content (AvgIpc) is 3.09. The first-order valence-electron chi connectivity index (χ1n) is 9.14. The van der Waals surface area contributed by atoms with E-state index in [2.05, 4.69) is 47.4 Å². The van der Waals surface area contributed by atoms with Crippen molar-refractivity contribution in [1.82, 2.24) is 20.1 Å². The van der Waals surface area contributed by atoms with Crippen LogP contribution in [0.4, 0.5) is 0 Å². The lowest BCUT2D eigenvalue weighted by Gasteiger charge is -2.11. The predicted octanol–water partition coefficient (Wildman–Crippen LogP) is 4.40. The second kappa shape index (κ2) is 6.83. The molecular weight excluding hydrogens is 336 g/mol. The molecule has 2 aromatic heterocycles. The highest BCUT2D eigenvalue weighted by molar-refractivity contribution is 6.05. The molecule has 0 unspecified atom stereocenters. The molecule has 1 amide bonds. The van der Waals surface area contributed by atoms with E-state index in [1.165, 1.54) is 5.39 Å². The Bertz CT molecular complexity index is 1140. The molecule has 0 radical (unpaired) electrons. The van der Waals surface area contributed by atoms with Crippen molar-refractivity contribution in [2.24, 2.45) is 0 Å². The van der Waals surface area contributed by atoms with Crippen LogP contribution in [0.2, 0.25) is 0 Å². The van der Waals surface area contributed by atoms with Gasteiger partial charge in [0.2, 0.25) is 0 Å². The minimum absolute atomic E-state index is 0.109. The number of hydrogen-bond donors (Lipinski definition) is 1. The summed E-state index contributed by atoms with van der Waals surface area (Å²) in [6, 6.07) is 16.4. The third-order valence-electron chi connectivity index (χ3n) is 4.75. The number of benzene rings is 2. The average molecular weight is 358 g/mol. The number of aromatic nitrogens is 3. The van der Waals surface area contributed by atoms with Crippen LogP contribution in [0.1, 0.15) is 41.5 Å². The SMILES string of the molecule is Cc1cc(C(=O)NCc2cccc3ccccc23)c2cnn(C(C)C)c2n1. The lowest BCUT2D eigenvalue weighted by molar-refractivity contribution is 0.0952. The minimum atomic E-state index is -0.109. The molecule has 136 valence electrons. The fourth-order valence-corrected chi connectivity index (χ4v) is 3.43. The summed E-state index contributed by atoms with van der Waals surface area (Å²) in [7, 11) is 0. The summed E-state index contributed by atoms with van der Waals surface area (Å²) in [5.41, 5.74) is 3.27. The van der Waals surface area contributed by atoms with Gasteiger partial charge >= 0.3 is 0 Å². The maximum Gasteiger partial charge on any atom is 0.252 e. The van der Waals surface area contributed by atoms with Crippen LogP contribution in [-0.2, 0) is 6.54 Å². The van der Waals surface area contributed by atoms with E-state index in [4.69, 9.17) is 0 Å². The van der Waals surface area contributed by atoms with E-state index in [9.17, 15) is 4.79 Å². The number of amides is 1. The molecule has 0 saturated heterocycles. The monoisotopic (exact) mass is 358 g/mol. The molecule has 5 heteroatoms. The number of nitrogens with zero attached hydrogens (tertiary/aromatic N) is 3. The number of pyridine rings is 1. The van der Waals surface area contributed by atoms with E-state index in [-0.39, 0.29) is 11.9 Å². The summed E-state index contributed by atoms with van der Waals surface area (Å²) < 4.78 is 1.85. The molecule has 2 aromatic carbocycles. The van der Waals surface area contributed by atoms with Crippen molar-refractivity contribution in [3.8, 4) is 0 Å². The summed E-state index contributed by atoms with van der Waals surface area (Å²) >= 11 is 0. The highest BCUT2D eigenvalue weighted by atomic mass is 16.1. The van der Waals surface area contributed by atoms with Crippen molar-refractivity contribution in [2.75, 3.05) is 0 Å². The third-order valence-corrected chi connectivity index (χ3v) is 4.75. The first-order chi connectivity index (χ1) is 13.0. The van der Waals surface area contributed by atoms with E-state index in [1.807, 2.05) is 41.9 Å². The number of fused-ring (bicyclic) bond motifs is 2. The van der Waals surface area contributed by atoms with Crippen LogP contribution in [0.15, 0.2) is 54.7 Å². The van der Waals surface area contributed by atoms with E-state index in [0.717, 1.165) is 27.7 Å². The Hall–Kier alpha value is -3.21. The van der Waals surface area contributed by atoms with E-state index >= 15 is 0 Å². The fraction of sp³-hybridized carbons (Fsp3) is 0.227. The number of hydrogen-bond acceptors (Lipinski definition) is 3. The van der Waals surface area contributed by atoms with Gasteiger partial charge in [-0.25, -0.2) is 9.67 Å². The summed E-state index contributed by atoms with van der Waals surface area (Å²) in [6.07, 6.45) is 1.73. The molecule has 2 heterocycles. The largest absolute Gasteiger partial charge is 0.348 e. The molecule has 0 saturated carbocycles. The quantitative estimate of drug-likeness (QED) is 0.588. The highest BCUT2D eigenvalue weighted by Gasteiger charge is 2.17. The van der Waals surface area contributed by atoms with Gasteiger partial charge in [0.05, 0.1) is 17.1 Å². The van der Waals surface area contributed by atoms with Crippen LogP contribution in [0.25, 0.3) is 21.8 Å². The van der Waals surface area contributed by atoms with E-state index in [0.29, 0.717) is 12.1 Å². The summed E-state index contributed by atoms with van der Waals surface area (Å²) in [4.78, 5) is 17.5. The lowest BCUT2D eigenvalue weighted by atomic mass is 10.0. The molecule has 0 aliphatic carbocycles. The molecule has 4 rings (SSSR count). The van der Waals surface area contributed by atoms with Gasteiger partial charge < -0.3 is 5.32 Å². The second-order valence-electron chi connectivity index (χ2n) is 7.05. The summed E-state index contributed by atoms with van der Waals surface area (Å²) in [5, 5.41) is 10.6. The topological polar surface area (TPSA) is 59.8 Å². The van der Waals surface area contributed by atoms with Crippen molar-refractivity contribution in [2.45, 2.75) is 33.4 Å². The fourth-order valence-electron chi connectivity index (χ4n) is 3.43. The van der Waals surface area contributed by atoms with Gasteiger partial charge in [-0.1, -0.05) is 42.5 Å². The van der Waals surface area contributed by atoms with Gasteiger partial charge in [0.25, 0.3) is 5.91 Å². The molecule has 0 aliphatic heterocycles. The number of nitrogens with one attached hydrogen (secondary N) is 1. The second-order valence-corrected chi connectivity index (χ2v) is 7.05. The molecule has 5 nitrogen and oxygen atoms in total. The molecule has 0 aliphatic rings. The molecule has 27 heavy (non-hydrogen) atoms. The van der Waals surface area contributed by atoms with Crippen LogP contribution in [0, 0.1) is 6.92 Å². The smallest absolute Gasteiger partial charge is 0.252 e. The normalized spacial score (nSPS) is 11.4. The van der Waals surface area contributed by atoms with E-state index in [1.54, 1.807) is 6.20 Å². The Kier molecular flexibility index (Phi) is 4.36. The van der Waals surface area contributed by atoms with Gasteiger partial charge in [-0.2, -0.15) is 5.10 Å². The van der Waals surface area contributed by atoms with Crippen LogP contribution in [-0.4, -0.2) is 20.7 Å². The maximum atomic E-state index is 12.9. The standard InChI is InChI=1S/C22H22N4O/c1-14(2)26-21-20(13-24-26)19(11-15(3)25-21)22(27)23-12-17-9-6-8-16-7-4-5-10-18(16)17/h4-11,13-14H,12H2,1-3H3,(H,23,27). The van der Waals surface area contributed by atoms with Crippen LogP contribution in [0.3, 0.4) is 0 Å². The Balaban J connectivity index is 1.65. The van der Waals surface area contributed by atoms with Crippen LogP contribution >= 0.6 is 0 Å². The van der Waals surface area contributed by atoms with Crippen molar-refractivity contribution < 1.29 is 4.79 Å². The minimum Gasteiger partial charge on any atom is -0.348 e. The maximum absolute atomic E-state index is 12.9. The van der Waals surface area contributed by atoms with Gasteiger partial charge in [-0.15, -0.1) is 0 Å². The van der Waals surface area contributed by atoms with E-state index < -0.39 is 0 Å². The van der Waals surface area contributed by atoms with Gasteiger partial charge in [0.1, 0.15) is 0 Å². The molecule has 0 atom stereocenters. The first kappa shape index (κ1) is 17.2. The molecule has 0 bridgehead atoms. The summed E-state index contributed by atoms with van der Waals surface area (Å²) in [6.45, 7) is 6.48. The Morgan fingerprint density at radius 3 is 2.70 bits per heavy atom. The van der Waals surface area contributed by atoms with Gasteiger partial charge in [-0.3, -0.25) is 4.79 Å². The molecular formula is C22H22N4O. The number of carbonyl (C=O) groups excluding carboxylic acids is 1. The van der Waals surface area contributed by atoms with Crippen molar-refractivity contribution >= 4 is 27.7 Å². The number of rotatable bonds is 4. The zero-order chi connectivity index (χ0) is 19.0.